The van der Waals surface area contributed by atoms with Crippen molar-refractivity contribution in [1.29, 1.82) is 0 Å². The number of urea groups is 1. The van der Waals surface area contributed by atoms with E-state index in [4.69, 9.17) is 4.74 Å². The third-order valence-electron chi connectivity index (χ3n) is 4.68. The van der Waals surface area contributed by atoms with Crippen molar-refractivity contribution in [2.75, 3.05) is 12.4 Å². The van der Waals surface area contributed by atoms with E-state index in [1.54, 1.807) is 12.5 Å². The number of thiazole rings is 1. The number of methoxy groups -OCH3 is 1. The molecule has 1 aromatic carbocycles. The van der Waals surface area contributed by atoms with Gasteiger partial charge in [-0.1, -0.05) is 31.4 Å². The molecule has 3 rings (SSSR count). The molecule has 150 valence electrons. The summed E-state index contributed by atoms with van der Waals surface area (Å²) in [6.45, 7) is 0.426. The zero-order chi connectivity index (χ0) is 19.8. The van der Waals surface area contributed by atoms with E-state index in [2.05, 4.69) is 20.9 Å². The molecule has 0 aliphatic heterocycles. The summed E-state index contributed by atoms with van der Waals surface area (Å²) in [6.07, 6.45) is 5.81. The van der Waals surface area contributed by atoms with Gasteiger partial charge >= 0.3 is 6.03 Å². The summed E-state index contributed by atoms with van der Waals surface area (Å²) in [5.74, 6) is 0.639. The molecule has 1 aliphatic rings. The second-order valence-electron chi connectivity index (χ2n) is 6.88. The first-order chi connectivity index (χ1) is 13.6. The van der Waals surface area contributed by atoms with Crippen LogP contribution in [0.5, 0.6) is 5.75 Å². The van der Waals surface area contributed by atoms with Gasteiger partial charge in [-0.25, -0.2) is 9.78 Å². The molecule has 0 bridgehead atoms. The van der Waals surface area contributed by atoms with E-state index in [-0.39, 0.29) is 24.4 Å². The molecule has 3 amide bonds. The monoisotopic (exact) mass is 402 g/mol. The Morgan fingerprint density at radius 2 is 2.07 bits per heavy atom. The smallest absolute Gasteiger partial charge is 0.321 e. The summed E-state index contributed by atoms with van der Waals surface area (Å²) >= 11 is 1.32. The highest BCUT2D eigenvalue weighted by atomic mass is 32.1. The van der Waals surface area contributed by atoms with E-state index < -0.39 is 0 Å². The Balaban J connectivity index is 1.43. The van der Waals surface area contributed by atoms with E-state index in [9.17, 15) is 9.59 Å². The largest absolute Gasteiger partial charge is 0.497 e. The van der Waals surface area contributed by atoms with E-state index >= 15 is 0 Å². The minimum absolute atomic E-state index is 0.119. The van der Waals surface area contributed by atoms with Gasteiger partial charge in [0.1, 0.15) is 5.75 Å². The van der Waals surface area contributed by atoms with Crippen LogP contribution in [0.1, 0.15) is 43.4 Å². The molecule has 1 fully saturated rings. The average Bonchev–Trinajstić information content (AvgIpc) is 3.13. The highest BCUT2D eigenvalue weighted by Gasteiger charge is 2.16. The molecule has 0 unspecified atom stereocenters. The molecule has 1 saturated carbocycles. The predicted octanol–water partition coefficient (Wildman–Crippen LogP) is 3.46. The minimum atomic E-state index is -0.227. The number of nitrogens with one attached hydrogen (secondary N) is 3. The Morgan fingerprint density at radius 3 is 2.86 bits per heavy atom. The molecule has 7 nitrogen and oxygen atoms in total. The fourth-order valence-corrected chi connectivity index (χ4v) is 3.93. The zero-order valence-corrected chi connectivity index (χ0v) is 16.8. The molecule has 1 aliphatic carbocycles. The van der Waals surface area contributed by atoms with Crippen molar-refractivity contribution >= 4 is 28.4 Å². The first-order valence-electron chi connectivity index (χ1n) is 9.54. The molecule has 0 spiro atoms. The van der Waals surface area contributed by atoms with Crippen molar-refractivity contribution in [2.45, 2.75) is 51.1 Å². The fourth-order valence-electron chi connectivity index (χ4n) is 3.22. The summed E-state index contributed by atoms with van der Waals surface area (Å²) in [7, 11) is 1.61. The maximum absolute atomic E-state index is 12.2. The van der Waals surface area contributed by atoms with E-state index in [1.807, 2.05) is 24.3 Å². The highest BCUT2D eigenvalue weighted by molar-refractivity contribution is 7.13. The van der Waals surface area contributed by atoms with Crippen LogP contribution >= 0.6 is 11.3 Å². The highest BCUT2D eigenvalue weighted by Crippen LogP contribution is 2.19. The molecule has 0 atom stereocenters. The van der Waals surface area contributed by atoms with Gasteiger partial charge in [-0.2, -0.15) is 0 Å². The lowest BCUT2D eigenvalue weighted by Gasteiger charge is -2.22. The van der Waals surface area contributed by atoms with Crippen molar-refractivity contribution in [3.05, 3.63) is 40.9 Å². The van der Waals surface area contributed by atoms with Crippen LogP contribution < -0.4 is 20.7 Å². The van der Waals surface area contributed by atoms with Gasteiger partial charge in [-0.3, -0.25) is 10.1 Å². The number of nitrogens with zero attached hydrogens (tertiary/aromatic N) is 1. The van der Waals surface area contributed by atoms with Crippen molar-refractivity contribution < 1.29 is 14.3 Å². The van der Waals surface area contributed by atoms with Crippen molar-refractivity contribution in [3.8, 4) is 5.75 Å². The number of benzene rings is 1. The lowest BCUT2D eigenvalue weighted by Crippen LogP contribution is -2.39. The predicted molar refractivity (Wildman–Crippen MR) is 110 cm³/mol. The van der Waals surface area contributed by atoms with E-state index in [0.717, 1.165) is 37.0 Å². The molecular weight excluding hydrogens is 376 g/mol. The van der Waals surface area contributed by atoms with Gasteiger partial charge in [0, 0.05) is 18.0 Å². The van der Waals surface area contributed by atoms with Gasteiger partial charge in [0.25, 0.3) is 0 Å². The third-order valence-corrected chi connectivity index (χ3v) is 5.48. The number of anilines is 1. The van der Waals surface area contributed by atoms with Crippen molar-refractivity contribution in [3.63, 3.8) is 0 Å². The Bertz CT molecular complexity index is 802. The third kappa shape index (κ3) is 6.23. The van der Waals surface area contributed by atoms with Gasteiger partial charge in [0.15, 0.2) is 5.13 Å². The van der Waals surface area contributed by atoms with Crippen LogP contribution in [0.4, 0.5) is 9.93 Å². The molecule has 2 aromatic rings. The standard InChI is InChI=1S/C20H26N4O3S/c1-27-17-9-5-6-14(10-17)12-21-18(25)11-16-13-28-20(23-16)24-19(26)22-15-7-3-2-4-8-15/h5-6,9-10,13,15H,2-4,7-8,11-12H2,1H3,(H,21,25)(H2,22,23,24,26). The van der Waals surface area contributed by atoms with Gasteiger partial charge in [-0.05, 0) is 30.5 Å². The van der Waals surface area contributed by atoms with E-state index in [1.165, 1.54) is 17.8 Å². The number of rotatable bonds is 7. The maximum atomic E-state index is 12.2. The van der Waals surface area contributed by atoms with Crippen molar-refractivity contribution in [1.82, 2.24) is 15.6 Å². The molecular formula is C20H26N4O3S. The topological polar surface area (TPSA) is 92.4 Å². The number of ether oxygens (including phenoxy) is 1. The van der Waals surface area contributed by atoms with Crippen molar-refractivity contribution in [2.24, 2.45) is 0 Å². The molecule has 1 heterocycles. The van der Waals surface area contributed by atoms with Gasteiger partial charge in [-0.15, -0.1) is 11.3 Å². The lowest BCUT2D eigenvalue weighted by atomic mass is 9.96. The average molecular weight is 403 g/mol. The molecule has 0 radical (unpaired) electrons. The van der Waals surface area contributed by atoms with Crippen LogP contribution in [-0.2, 0) is 17.8 Å². The Labute approximate surface area is 168 Å². The van der Waals surface area contributed by atoms with E-state index in [0.29, 0.717) is 17.4 Å². The Morgan fingerprint density at radius 1 is 1.25 bits per heavy atom. The summed E-state index contributed by atoms with van der Waals surface area (Å²) in [6, 6.07) is 7.58. The summed E-state index contributed by atoms with van der Waals surface area (Å²) in [5.41, 5.74) is 1.61. The Kier molecular flexibility index (Phi) is 7.25. The molecule has 1 aromatic heterocycles. The minimum Gasteiger partial charge on any atom is -0.497 e. The van der Waals surface area contributed by atoms with Crippen LogP contribution in [0.25, 0.3) is 0 Å². The fraction of sp³-hybridized carbons (Fsp3) is 0.450. The summed E-state index contributed by atoms with van der Waals surface area (Å²) in [5, 5.41) is 10.9. The second kappa shape index (κ2) is 10.1. The number of carbonyl (C=O) groups excluding carboxylic acids is 2. The SMILES string of the molecule is COc1cccc(CNC(=O)Cc2csc(NC(=O)NC3CCCCC3)n2)c1. The lowest BCUT2D eigenvalue weighted by molar-refractivity contribution is -0.120. The zero-order valence-electron chi connectivity index (χ0n) is 16.0. The number of carbonyl (C=O) groups is 2. The molecule has 8 heteroatoms. The first kappa shape index (κ1) is 20.1. The van der Waals surface area contributed by atoms with Gasteiger partial charge in [0.2, 0.25) is 5.91 Å². The van der Waals surface area contributed by atoms with Crippen LogP contribution in [-0.4, -0.2) is 30.1 Å². The van der Waals surface area contributed by atoms with Crippen LogP contribution in [0, 0.1) is 0 Å². The molecule has 0 saturated heterocycles. The number of amides is 3. The second-order valence-corrected chi connectivity index (χ2v) is 7.74. The summed E-state index contributed by atoms with van der Waals surface area (Å²) < 4.78 is 5.18. The van der Waals surface area contributed by atoms with Crippen LogP contribution in [0.3, 0.4) is 0 Å². The summed E-state index contributed by atoms with van der Waals surface area (Å²) in [4.78, 5) is 28.6. The van der Waals surface area contributed by atoms with Gasteiger partial charge < -0.3 is 15.4 Å². The molecule has 3 N–H and O–H groups in total. The molecule has 28 heavy (non-hydrogen) atoms. The number of hydrogen-bond donors (Lipinski definition) is 3. The van der Waals surface area contributed by atoms with Crippen LogP contribution in [0.15, 0.2) is 29.6 Å². The normalized spacial score (nSPS) is 14.3. The number of hydrogen-bond acceptors (Lipinski definition) is 5. The quantitative estimate of drug-likeness (QED) is 0.661. The first-order valence-corrected chi connectivity index (χ1v) is 10.4. The maximum Gasteiger partial charge on any atom is 0.321 e. The van der Waals surface area contributed by atoms with Gasteiger partial charge in [0.05, 0.1) is 19.2 Å². The van der Waals surface area contributed by atoms with Crippen LogP contribution in [0.2, 0.25) is 0 Å². The number of aromatic nitrogens is 1. The Hall–Kier alpha value is -2.61.